The number of esters is 1. The van der Waals surface area contributed by atoms with Gasteiger partial charge in [0.05, 0.1) is 0 Å². The molecule has 2 saturated carbocycles. The Balaban J connectivity index is 1.34. The maximum absolute atomic E-state index is 11.9. The Morgan fingerprint density at radius 2 is 1.96 bits per heavy atom. The molecule has 4 nitrogen and oxygen atoms in total. The van der Waals surface area contributed by atoms with Gasteiger partial charge in [0, 0.05) is 18.0 Å². The number of rotatable bonds is 6. The van der Waals surface area contributed by atoms with Gasteiger partial charge in [-0.1, -0.05) is 30.2 Å². The Hall–Kier alpha value is -1.55. The molecule has 0 spiro atoms. The summed E-state index contributed by atoms with van der Waals surface area (Å²) in [7, 11) is 0. The van der Waals surface area contributed by atoms with E-state index in [0.29, 0.717) is 29.8 Å². The Morgan fingerprint density at radius 1 is 1.17 bits per heavy atom. The Bertz CT molecular complexity index is 572. The third-order valence-electron chi connectivity index (χ3n) is 5.08. The minimum atomic E-state index is -0.277. The van der Waals surface area contributed by atoms with Crippen molar-refractivity contribution in [2.24, 2.45) is 17.8 Å². The van der Waals surface area contributed by atoms with E-state index < -0.39 is 0 Å². The van der Waals surface area contributed by atoms with Crippen LogP contribution in [0.3, 0.4) is 0 Å². The summed E-state index contributed by atoms with van der Waals surface area (Å²) in [6.45, 7) is 0.202. The zero-order chi connectivity index (χ0) is 16.2. The first-order chi connectivity index (χ1) is 11.1. The third kappa shape index (κ3) is 4.47. The van der Waals surface area contributed by atoms with Gasteiger partial charge in [0.2, 0.25) is 0 Å². The molecule has 2 aliphatic rings. The van der Waals surface area contributed by atoms with Crippen molar-refractivity contribution in [2.45, 2.75) is 38.6 Å². The quantitative estimate of drug-likeness (QED) is 0.811. The zero-order valence-electron chi connectivity index (χ0n) is 13.1. The van der Waals surface area contributed by atoms with E-state index in [1.54, 1.807) is 12.1 Å². The Morgan fingerprint density at radius 3 is 2.61 bits per heavy atom. The van der Waals surface area contributed by atoms with E-state index in [0.717, 1.165) is 17.9 Å². The predicted molar refractivity (Wildman–Crippen MR) is 87.8 cm³/mol. The van der Waals surface area contributed by atoms with E-state index in [2.05, 4.69) is 5.32 Å². The topological polar surface area (TPSA) is 55.4 Å². The van der Waals surface area contributed by atoms with Crippen LogP contribution in [0.1, 0.15) is 37.7 Å². The number of amides is 1. The number of hydrogen-bond donors (Lipinski definition) is 1. The Kier molecular flexibility index (Phi) is 5.21. The molecule has 5 heteroatoms. The lowest BCUT2D eigenvalue weighted by Gasteiger charge is -2.20. The summed E-state index contributed by atoms with van der Waals surface area (Å²) in [4.78, 5) is 23.6. The summed E-state index contributed by atoms with van der Waals surface area (Å²) in [6, 6.07) is 7.25. The molecule has 3 rings (SSSR count). The van der Waals surface area contributed by atoms with Crippen LogP contribution >= 0.6 is 11.6 Å². The summed E-state index contributed by atoms with van der Waals surface area (Å²) >= 11 is 5.81. The van der Waals surface area contributed by atoms with E-state index in [1.807, 2.05) is 12.1 Å². The first kappa shape index (κ1) is 16.3. The Labute approximate surface area is 141 Å². The van der Waals surface area contributed by atoms with Crippen molar-refractivity contribution >= 4 is 23.5 Å². The first-order valence-corrected chi connectivity index (χ1v) is 8.64. The van der Waals surface area contributed by atoms with Crippen molar-refractivity contribution in [2.75, 3.05) is 6.61 Å². The molecule has 1 aromatic carbocycles. The van der Waals surface area contributed by atoms with Gasteiger partial charge in [-0.3, -0.25) is 9.59 Å². The van der Waals surface area contributed by atoms with Crippen LogP contribution < -0.4 is 5.32 Å². The molecule has 0 heterocycles. The van der Waals surface area contributed by atoms with Crippen LogP contribution in [0.25, 0.3) is 0 Å². The number of fused-ring (bicyclic) bond motifs is 2. The maximum atomic E-state index is 11.9. The number of halogens is 1. The molecule has 0 unspecified atom stereocenters. The normalized spacial score (nSPS) is 25.3. The van der Waals surface area contributed by atoms with Crippen LogP contribution in [0.2, 0.25) is 5.02 Å². The van der Waals surface area contributed by atoms with Crippen molar-refractivity contribution in [3.05, 3.63) is 34.9 Å². The van der Waals surface area contributed by atoms with E-state index >= 15 is 0 Å². The van der Waals surface area contributed by atoms with Gasteiger partial charge in [0.1, 0.15) is 0 Å². The molecule has 2 bridgehead atoms. The van der Waals surface area contributed by atoms with Gasteiger partial charge in [0.15, 0.2) is 6.61 Å². The molecule has 0 aliphatic heterocycles. The highest BCUT2D eigenvalue weighted by atomic mass is 35.5. The number of benzene rings is 1. The number of nitrogens with one attached hydrogen (secondary N) is 1. The fourth-order valence-electron chi connectivity index (χ4n) is 3.90. The average molecular weight is 336 g/mol. The molecular formula is C18H22ClNO3. The molecule has 0 aromatic heterocycles. The highest BCUT2D eigenvalue weighted by Gasteiger charge is 2.40. The van der Waals surface area contributed by atoms with Crippen LogP contribution in [0, 0.1) is 17.8 Å². The largest absolute Gasteiger partial charge is 0.456 e. The van der Waals surface area contributed by atoms with Crippen molar-refractivity contribution < 1.29 is 14.3 Å². The summed E-state index contributed by atoms with van der Waals surface area (Å²) in [6.07, 6.45) is 5.47. The smallest absolute Gasteiger partial charge is 0.306 e. The monoisotopic (exact) mass is 335 g/mol. The summed E-state index contributed by atoms with van der Waals surface area (Å²) < 4.78 is 5.11. The van der Waals surface area contributed by atoms with E-state index in [1.165, 1.54) is 19.3 Å². The summed E-state index contributed by atoms with van der Waals surface area (Å²) in [5, 5.41) is 3.40. The van der Waals surface area contributed by atoms with Gasteiger partial charge in [-0.15, -0.1) is 0 Å². The minimum Gasteiger partial charge on any atom is -0.456 e. The molecule has 3 atom stereocenters. The number of carbonyl (C=O) groups excluding carboxylic acids is 2. The van der Waals surface area contributed by atoms with Crippen LogP contribution in [-0.2, 0) is 20.9 Å². The summed E-state index contributed by atoms with van der Waals surface area (Å²) in [5.74, 6) is 1.47. The molecule has 1 amide bonds. The van der Waals surface area contributed by atoms with E-state index in [-0.39, 0.29) is 18.5 Å². The fourth-order valence-corrected chi connectivity index (χ4v) is 4.03. The second-order valence-corrected chi connectivity index (χ2v) is 7.14. The van der Waals surface area contributed by atoms with Gasteiger partial charge in [-0.25, -0.2) is 0 Å². The highest BCUT2D eigenvalue weighted by Crippen LogP contribution is 2.49. The fraction of sp³-hybridized carbons (Fsp3) is 0.556. The van der Waals surface area contributed by atoms with Crippen molar-refractivity contribution in [1.82, 2.24) is 5.32 Å². The lowest BCUT2D eigenvalue weighted by molar-refractivity contribution is -0.149. The molecule has 0 saturated heterocycles. The molecule has 124 valence electrons. The molecule has 23 heavy (non-hydrogen) atoms. The third-order valence-corrected chi connectivity index (χ3v) is 5.33. The lowest BCUT2D eigenvalue weighted by atomic mass is 9.86. The minimum absolute atomic E-state index is 0.201. The molecule has 1 aromatic rings. The van der Waals surface area contributed by atoms with Crippen LogP contribution in [0.4, 0.5) is 0 Å². The molecular weight excluding hydrogens is 314 g/mol. The molecule has 2 fully saturated rings. The van der Waals surface area contributed by atoms with Crippen molar-refractivity contribution in [1.29, 1.82) is 0 Å². The van der Waals surface area contributed by atoms with Crippen LogP contribution in [-0.4, -0.2) is 18.5 Å². The second-order valence-electron chi connectivity index (χ2n) is 6.70. The van der Waals surface area contributed by atoms with E-state index in [9.17, 15) is 9.59 Å². The lowest BCUT2D eigenvalue weighted by Crippen LogP contribution is -2.29. The maximum Gasteiger partial charge on any atom is 0.306 e. The zero-order valence-corrected chi connectivity index (χ0v) is 13.8. The summed E-state index contributed by atoms with van der Waals surface area (Å²) in [5.41, 5.74) is 0.955. The van der Waals surface area contributed by atoms with Crippen molar-refractivity contribution in [3.8, 4) is 0 Å². The molecule has 0 radical (unpaired) electrons. The van der Waals surface area contributed by atoms with E-state index in [4.69, 9.17) is 16.3 Å². The van der Waals surface area contributed by atoms with Gasteiger partial charge >= 0.3 is 5.97 Å². The SMILES string of the molecule is O=C(COC(=O)C[C@@H]1C[C@H]2CC[C@H]1C2)NCc1ccc(Cl)cc1. The van der Waals surface area contributed by atoms with Crippen molar-refractivity contribution in [3.63, 3.8) is 0 Å². The average Bonchev–Trinajstić information content (AvgIpc) is 3.15. The van der Waals surface area contributed by atoms with Gasteiger partial charge in [-0.2, -0.15) is 0 Å². The number of ether oxygens (including phenoxy) is 1. The first-order valence-electron chi connectivity index (χ1n) is 8.27. The standard InChI is InChI=1S/C18H22ClNO3/c19-16-5-2-12(3-6-16)10-20-17(21)11-23-18(22)9-15-8-13-1-4-14(15)7-13/h2-3,5-6,13-15H,1,4,7-11H2,(H,20,21)/t13-,14-,15-/m0/s1. The predicted octanol–water partition coefficient (Wildman–Crippen LogP) is 3.33. The van der Waals surface area contributed by atoms with Gasteiger partial charge in [0.25, 0.3) is 5.91 Å². The number of carbonyl (C=O) groups is 2. The van der Waals surface area contributed by atoms with Gasteiger partial charge in [-0.05, 0) is 54.7 Å². The van der Waals surface area contributed by atoms with Crippen LogP contribution in [0.5, 0.6) is 0 Å². The van der Waals surface area contributed by atoms with Gasteiger partial charge < -0.3 is 10.1 Å². The number of hydrogen-bond acceptors (Lipinski definition) is 3. The van der Waals surface area contributed by atoms with Crippen LogP contribution in [0.15, 0.2) is 24.3 Å². The molecule has 2 aliphatic carbocycles. The highest BCUT2D eigenvalue weighted by molar-refractivity contribution is 6.30. The molecule has 1 N–H and O–H groups in total. The second kappa shape index (κ2) is 7.35.